The molecule has 35 heavy (non-hydrogen) atoms. The molecule has 2 saturated heterocycles. The highest BCUT2D eigenvalue weighted by Crippen LogP contribution is 2.38. The van der Waals surface area contributed by atoms with Crippen molar-refractivity contribution in [3.05, 3.63) is 42.5 Å². The minimum Gasteiger partial charge on any atom is -0.518 e. The third-order valence-electron chi connectivity index (χ3n) is 5.10. The molecule has 1 aromatic carbocycles. The van der Waals surface area contributed by atoms with Crippen LogP contribution in [0.2, 0.25) is 19.6 Å². The van der Waals surface area contributed by atoms with E-state index in [1.165, 1.54) is 4.90 Å². The van der Waals surface area contributed by atoms with Crippen LogP contribution in [0, 0.1) is 0 Å². The van der Waals surface area contributed by atoms with Gasteiger partial charge >= 0.3 is 5.97 Å². The molecule has 4 amide bonds. The second kappa shape index (κ2) is 10.6. The predicted molar refractivity (Wildman–Crippen MR) is 131 cm³/mol. The van der Waals surface area contributed by atoms with Crippen molar-refractivity contribution in [1.82, 2.24) is 14.5 Å². The molecule has 0 saturated carbocycles. The first kappa shape index (κ1) is 26.5. The average Bonchev–Trinajstić information content (AvgIpc) is 3.09. The average molecular weight is 520 g/mol. The molecular weight excluding hydrogens is 490 g/mol. The summed E-state index contributed by atoms with van der Waals surface area (Å²) in [5.41, 5.74) is 0.364. The molecular formula is C23H29N3O7SSi. The number of rotatable bonds is 10. The van der Waals surface area contributed by atoms with E-state index >= 15 is 0 Å². The zero-order chi connectivity index (χ0) is 25.9. The Bertz CT molecular complexity index is 1030. The Morgan fingerprint density at radius 2 is 1.74 bits per heavy atom. The van der Waals surface area contributed by atoms with Gasteiger partial charge in [0.15, 0.2) is 12.6 Å². The molecule has 0 radical (unpaired) electrons. The van der Waals surface area contributed by atoms with Crippen LogP contribution in [0.25, 0.3) is 0 Å². The van der Waals surface area contributed by atoms with E-state index in [2.05, 4.69) is 11.9 Å². The maximum absolute atomic E-state index is 13.2. The third-order valence-corrected chi connectivity index (χ3v) is 7.25. The van der Waals surface area contributed by atoms with Crippen LogP contribution in [-0.4, -0.2) is 71.2 Å². The highest BCUT2D eigenvalue weighted by Gasteiger charge is 2.56. The number of nitrogens with one attached hydrogen (secondary N) is 1. The summed E-state index contributed by atoms with van der Waals surface area (Å²) < 4.78 is 12.0. The van der Waals surface area contributed by atoms with Gasteiger partial charge < -0.3 is 19.4 Å². The highest BCUT2D eigenvalue weighted by molar-refractivity contribution is 7.98. The monoisotopic (exact) mass is 519 g/mol. The number of carbonyl (C=O) groups excluding carboxylic acids is 5. The molecule has 0 spiro atoms. The van der Waals surface area contributed by atoms with Gasteiger partial charge in [-0.1, -0.05) is 24.8 Å². The number of nitrogens with zero attached hydrogens (tertiary/aromatic N) is 2. The van der Waals surface area contributed by atoms with Crippen LogP contribution < -0.4 is 10.1 Å². The van der Waals surface area contributed by atoms with Gasteiger partial charge in [-0.2, -0.15) is 0 Å². The van der Waals surface area contributed by atoms with Crippen LogP contribution in [-0.2, 0) is 28.4 Å². The van der Waals surface area contributed by atoms with E-state index in [-0.39, 0.29) is 19.4 Å². The van der Waals surface area contributed by atoms with Crippen molar-refractivity contribution >= 4 is 49.9 Å². The number of β-lactam (4-membered cyclic amide) rings is 1. The van der Waals surface area contributed by atoms with E-state index in [0.717, 1.165) is 16.3 Å². The fraction of sp³-hybridized carbons (Fsp3) is 0.435. The van der Waals surface area contributed by atoms with E-state index in [4.69, 9.17) is 9.16 Å². The van der Waals surface area contributed by atoms with Crippen LogP contribution in [0.5, 0.6) is 5.75 Å². The fourth-order valence-corrected chi connectivity index (χ4v) is 5.56. The fourth-order valence-electron chi connectivity index (χ4n) is 3.58. The molecule has 12 heteroatoms. The lowest BCUT2D eigenvalue weighted by Crippen LogP contribution is -2.74. The number of benzene rings is 1. The third kappa shape index (κ3) is 6.31. The zero-order valence-electron chi connectivity index (χ0n) is 20.1. The summed E-state index contributed by atoms with van der Waals surface area (Å²) >= 11 is 0.814. The maximum Gasteiger partial charge on any atom is 0.319 e. The van der Waals surface area contributed by atoms with E-state index < -0.39 is 55.4 Å². The first-order valence-corrected chi connectivity index (χ1v) is 15.3. The second-order valence-electron chi connectivity index (χ2n) is 9.25. The molecule has 1 N–H and O–H groups in total. The molecule has 2 heterocycles. The van der Waals surface area contributed by atoms with E-state index in [0.29, 0.717) is 11.3 Å². The van der Waals surface area contributed by atoms with Crippen molar-refractivity contribution < 1.29 is 33.1 Å². The normalized spacial score (nSPS) is 20.9. The minimum atomic E-state index is -2.29. The Kier molecular flexibility index (Phi) is 8.06. The Morgan fingerprint density at radius 3 is 2.29 bits per heavy atom. The predicted octanol–water partition coefficient (Wildman–Crippen LogP) is 1.84. The Labute approximate surface area is 209 Å². The van der Waals surface area contributed by atoms with Crippen molar-refractivity contribution in [2.75, 3.05) is 6.61 Å². The summed E-state index contributed by atoms with van der Waals surface area (Å²) in [7, 11) is -2.29. The SMILES string of the molecule is C=C(C)C(C(=O)O[Si](C)(C)C)N1C(=O)C(NC(=O)COc2ccccc2)C1SN1C(=O)CCC1=O. The molecule has 0 aliphatic carbocycles. The van der Waals surface area contributed by atoms with Gasteiger partial charge in [-0.3, -0.25) is 24.0 Å². The quantitative estimate of drug-likeness (QED) is 0.163. The maximum atomic E-state index is 13.2. The number of ether oxygens (including phenoxy) is 1. The van der Waals surface area contributed by atoms with Crippen LogP contribution in [0.4, 0.5) is 0 Å². The molecule has 2 aliphatic heterocycles. The Balaban J connectivity index is 1.79. The van der Waals surface area contributed by atoms with Crippen molar-refractivity contribution in [2.24, 2.45) is 0 Å². The summed E-state index contributed by atoms with van der Waals surface area (Å²) in [6.07, 6.45) is 0.131. The summed E-state index contributed by atoms with van der Waals surface area (Å²) in [5, 5.41) is 1.70. The van der Waals surface area contributed by atoms with Crippen molar-refractivity contribution in [3.63, 3.8) is 0 Å². The van der Waals surface area contributed by atoms with Gasteiger partial charge in [-0.05, 0) is 56.2 Å². The van der Waals surface area contributed by atoms with Crippen LogP contribution in [0.15, 0.2) is 42.5 Å². The summed E-state index contributed by atoms with van der Waals surface area (Å²) in [4.78, 5) is 64.4. The smallest absolute Gasteiger partial charge is 0.319 e. The molecule has 3 unspecified atom stereocenters. The first-order chi connectivity index (χ1) is 16.4. The molecule has 0 aromatic heterocycles. The summed E-state index contributed by atoms with van der Waals surface area (Å²) in [6.45, 7) is 10.6. The van der Waals surface area contributed by atoms with E-state index in [9.17, 15) is 24.0 Å². The molecule has 0 bridgehead atoms. The summed E-state index contributed by atoms with van der Waals surface area (Å²) in [6, 6.07) is 6.51. The lowest BCUT2D eigenvalue weighted by Gasteiger charge is -2.50. The van der Waals surface area contributed by atoms with Crippen molar-refractivity contribution in [3.8, 4) is 5.75 Å². The minimum absolute atomic E-state index is 0.0655. The topological polar surface area (TPSA) is 122 Å². The van der Waals surface area contributed by atoms with Crippen LogP contribution >= 0.6 is 11.9 Å². The number of para-hydroxylation sites is 1. The van der Waals surface area contributed by atoms with Gasteiger partial charge in [0.1, 0.15) is 17.2 Å². The standard InChI is InChI=1S/C23H29N3O7SSi/c1-14(2)20(23(31)33-35(3,4)5)25-21(30)19(22(25)34-26-17(28)11-12-18(26)29)24-16(27)13-32-15-9-7-6-8-10-15/h6-10,19-20,22H,1,11-13H2,2-5H3,(H,24,27). The van der Waals surface area contributed by atoms with Gasteiger partial charge in [-0.25, -0.2) is 4.31 Å². The van der Waals surface area contributed by atoms with Gasteiger partial charge in [0.05, 0.1) is 0 Å². The lowest BCUT2D eigenvalue weighted by atomic mass is 9.99. The molecule has 2 fully saturated rings. The van der Waals surface area contributed by atoms with Gasteiger partial charge in [0.25, 0.3) is 5.91 Å². The molecule has 2 aliphatic rings. The van der Waals surface area contributed by atoms with E-state index in [1.807, 2.05) is 25.7 Å². The Hall–Kier alpha value is -3.12. The summed E-state index contributed by atoms with van der Waals surface area (Å²) in [5.74, 6) is -2.04. The molecule has 1 aromatic rings. The van der Waals surface area contributed by atoms with Gasteiger partial charge in [-0.15, -0.1) is 0 Å². The molecule has 188 valence electrons. The molecule has 10 nitrogen and oxygen atoms in total. The second-order valence-corrected chi connectivity index (χ2v) is 14.7. The van der Waals surface area contributed by atoms with Crippen LogP contribution in [0.3, 0.4) is 0 Å². The lowest BCUT2D eigenvalue weighted by molar-refractivity contribution is -0.159. The van der Waals surface area contributed by atoms with Gasteiger partial charge in [0.2, 0.25) is 26.0 Å². The number of amides is 4. The molecule has 3 rings (SSSR count). The van der Waals surface area contributed by atoms with Gasteiger partial charge in [0, 0.05) is 12.8 Å². The number of likely N-dealkylation sites (tertiary alicyclic amines) is 1. The van der Waals surface area contributed by atoms with E-state index in [1.54, 1.807) is 31.2 Å². The van der Waals surface area contributed by atoms with Crippen molar-refractivity contribution in [2.45, 2.75) is 56.9 Å². The van der Waals surface area contributed by atoms with Crippen LogP contribution in [0.1, 0.15) is 19.8 Å². The van der Waals surface area contributed by atoms with Crippen molar-refractivity contribution in [1.29, 1.82) is 0 Å². The molecule has 3 atom stereocenters. The number of imide groups is 1. The largest absolute Gasteiger partial charge is 0.518 e. The zero-order valence-corrected chi connectivity index (χ0v) is 21.9. The number of hydrogen-bond donors (Lipinski definition) is 1. The Morgan fingerprint density at radius 1 is 1.14 bits per heavy atom. The number of carbonyl (C=O) groups is 5. The number of hydrogen-bond acceptors (Lipinski definition) is 8. The highest BCUT2D eigenvalue weighted by atomic mass is 32.2. The first-order valence-electron chi connectivity index (χ1n) is 11.1.